The van der Waals surface area contributed by atoms with E-state index in [9.17, 15) is 5.11 Å². The van der Waals surface area contributed by atoms with Gasteiger partial charge in [-0.15, -0.1) is 12.4 Å². The van der Waals surface area contributed by atoms with Gasteiger partial charge in [0, 0.05) is 5.92 Å². The van der Waals surface area contributed by atoms with Gasteiger partial charge in [0.15, 0.2) is 22.6 Å². The Morgan fingerprint density at radius 3 is 2.75 bits per heavy atom. The Balaban J connectivity index is 0.00000208. The number of aromatic hydroxyl groups is 1. The number of aromatic nitrogens is 4. The molecule has 8 heteroatoms. The Hall–Kier alpha value is -2.54. The summed E-state index contributed by atoms with van der Waals surface area (Å²) in [6.07, 6.45) is 1.59. The van der Waals surface area contributed by atoms with Crippen LogP contribution in [0.25, 0.3) is 11.2 Å². The van der Waals surface area contributed by atoms with E-state index >= 15 is 0 Å². The summed E-state index contributed by atoms with van der Waals surface area (Å²) in [6.45, 7) is 4.57. The van der Waals surface area contributed by atoms with E-state index in [0.717, 1.165) is 11.4 Å². The molecule has 3 aromatic rings. The fraction of sp³-hybridized carbons (Fsp3) is 0.312. The van der Waals surface area contributed by atoms with Gasteiger partial charge in [-0.1, -0.05) is 19.9 Å². The van der Waals surface area contributed by atoms with Gasteiger partial charge in [0.1, 0.15) is 11.3 Å². The predicted octanol–water partition coefficient (Wildman–Crippen LogP) is 2.55. The average molecular weight is 350 g/mol. The van der Waals surface area contributed by atoms with Gasteiger partial charge in [-0.05, 0) is 17.7 Å². The van der Waals surface area contributed by atoms with E-state index < -0.39 is 0 Å². The van der Waals surface area contributed by atoms with E-state index in [1.54, 1.807) is 18.5 Å². The van der Waals surface area contributed by atoms with Crippen LogP contribution in [0, 0.1) is 5.41 Å². The molecule has 0 saturated heterocycles. The molecule has 0 spiro atoms. The van der Waals surface area contributed by atoms with Crippen molar-refractivity contribution in [3.8, 4) is 11.5 Å². The average Bonchev–Trinajstić information content (AvgIpc) is 2.97. The van der Waals surface area contributed by atoms with Crippen LogP contribution in [-0.4, -0.2) is 31.7 Å². The lowest BCUT2D eigenvalue weighted by atomic mass is 10.2. The first-order chi connectivity index (χ1) is 11.0. The molecule has 3 rings (SSSR count). The predicted molar refractivity (Wildman–Crippen MR) is 92.8 cm³/mol. The molecule has 0 saturated carbocycles. The van der Waals surface area contributed by atoms with Gasteiger partial charge >= 0.3 is 0 Å². The standard InChI is InChI=1S/C16H19N5O2.ClH/c1-9(2)15-19-13-14(17)18-8-21(16(13)20-15)7-10-4-5-12(23-3)11(22)6-10;/h4-6,8-9,17,22H,7H2,1-3H3,(H,19,20);1H. The van der Waals surface area contributed by atoms with Crippen LogP contribution in [0.5, 0.6) is 11.5 Å². The SMILES string of the molecule is COc1ccc(Cn2cnc(=N)c3[nH]c(C(C)C)nc32)cc1O.Cl. The molecule has 0 atom stereocenters. The zero-order valence-corrected chi connectivity index (χ0v) is 14.5. The normalized spacial score (nSPS) is 10.8. The Kier molecular flexibility index (Phi) is 5.14. The quantitative estimate of drug-likeness (QED) is 0.673. The number of nitrogens with zero attached hydrogens (tertiary/aromatic N) is 3. The molecular formula is C16H20ClN5O2. The topological polar surface area (TPSA) is 99.8 Å². The smallest absolute Gasteiger partial charge is 0.173 e. The number of halogens is 1. The van der Waals surface area contributed by atoms with Crippen molar-refractivity contribution in [2.75, 3.05) is 7.11 Å². The van der Waals surface area contributed by atoms with E-state index in [1.807, 2.05) is 24.5 Å². The molecule has 128 valence electrons. The highest BCUT2D eigenvalue weighted by atomic mass is 35.5. The molecule has 0 bridgehead atoms. The third-order valence-electron chi connectivity index (χ3n) is 3.68. The lowest BCUT2D eigenvalue weighted by Gasteiger charge is -2.09. The van der Waals surface area contributed by atoms with E-state index in [-0.39, 0.29) is 29.6 Å². The second kappa shape index (κ2) is 6.92. The number of hydrogen-bond acceptors (Lipinski definition) is 5. The summed E-state index contributed by atoms with van der Waals surface area (Å²) in [5, 5.41) is 17.8. The molecule has 0 aliphatic heterocycles. The molecule has 2 heterocycles. The monoisotopic (exact) mass is 349 g/mol. The zero-order chi connectivity index (χ0) is 16.6. The summed E-state index contributed by atoms with van der Waals surface area (Å²) in [4.78, 5) is 11.9. The number of benzene rings is 1. The second-order valence-corrected chi connectivity index (χ2v) is 5.70. The van der Waals surface area contributed by atoms with Gasteiger partial charge in [-0.25, -0.2) is 9.97 Å². The first kappa shape index (κ1) is 17.8. The van der Waals surface area contributed by atoms with Crippen LogP contribution in [0.1, 0.15) is 31.2 Å². The fourth-order valence-corrected chi connectivity index (χ4v) is 2.42. The molecule has 0 aliphatic rings. The largest absolute Gasteiger partial charge is 0.504 e. The maximum Gasteiger partial charge on any atom is 0.173 e. The van der Waals surface area contributed by atoms with E-state index in [4.69, 9.17) is 10.1 Å². The number of imidazole rings is 1. The molecule has 0 unspecified atom stereocenters. The van der Waals surface area contributed by atoms with Crippen molar-refractivity contribution in [2.24, 2.45) is 0 Å². The minimum atomic E-state index is 0. The number of H-pyrrole nitrogens is 1. The van der Waals surface area contributed by atoms with Crippen LogP contribution in [0.3, 0.4) is 0 Å². The summed E-state index contributed by atoms with van der Waals surface area (Å²) >= 11 is 0. The van der Waals surface area contributed by atoms with Crippen molar-refractivity contribution in [3.05, 3.63) is 41.4 Å². The number of hydrogen-bond donors (Lipinski definition) is 3. The van der Waals surface area contributed by atoms with Crippen molar-refractivity contribution in [2.45, 2.75) is 26.3 Å². The fourth-order valence-electron chi connectivity index (χ4n) is 2.42. The van der Waals surface area contributed by atoms with Crippen LogP contribution in [0.2, 0.25) is 0 Å². The summed E-state index contributed by atoms with van der Waals surface area (Å²) in [6, 6.07) is 5.25. The molecule has 0 amide bonds. The molecule has 1 aromatic carbocycles. The first-order valence-corrected chi connectivity index (χ1v) is 7.35. The van der Waals surface area contributed by atoms with Crippen molar-refractivity contribution in [1.82, 2.24) is 19.5 Å². The van der Waals surface area contributed by atoms with Crippen molar-refractivity contribution >= 4 is 23.6 Å². The maximum atomic E-state index is 9.90. The molecule has 0 fully saturated rings. The Bertz CT molecular complexity index is 916. The lowest BCUT2D eigenvalue weighted by molar-refractivity contribution is 0.373. The Morgan fingerprint density at radius 2 is 2.12 bits per heavy atom. The molecule has 24 heavy (non-hydrogen) atoms. The highest BCUT2D eigenvalue weighted by Gasteiger charge is 2.12. The van der Waals surface area contributed by atoms with Crippen molar-refractivity contribution in [3.63, 3.8) is 0 Å². The third kappa shape index (κ3) is 3.21. The molecule has 0 aliphatic carbocycles. The van der Waals surface area contributed by atoms with Crippen LogP contribution < -0.4 is 10.2 Å². The van der Waals surface area contributed by atoms with Crippen LogP contribution in [-0.2, 0) is 6.54 Å². The zero-order valence-electron chi connectivity index (χ0n) is 13.7. The number of rotatable bonds is 4. The van der Waals surface area contributed by atoms with Crippen molar-refractivity contribution in [1.29, 1.82) is 5.41 Å². The van der Waals surface area contributed by atoms with Gasteiger partial charge < -0.3 is 19.4 Å². The number of fused-ring (bicyclic) bond motifs is 1. The highest BCUT2D eigenvalue weighted by molar-refractivity contribution is 5.85. The summed E-state index contributed by atoms with van der Waals surface area (Å²) < 4.78 is 6.91. The Morgan fingerprint density at radius 1 is 1.38 bits per heavy atom. The number of phenolic OH excluding ortho intramolecular Hbond substituents is 1. The highest BCUT2D eigenvalue weighted by Crippen LogP contribution is 2.26. The van der Waals surface area contributed by atoms with Gasteiger partial charge in [0.2, 0.25) is 0 Å². The summed E-state index contributed by atoms with van der Waals surface area (Å²) in [7, 11) is 1.51. The summed E-state index contributed by atoms with van der Waals surface area (Å²) in [5.74, 6) is 1.59. The molecule has 0 radical (unpaired) electrons. The molecule has 7 nitrogen and oxygen atoms in total. The molecular weight excluding hydrogens is 330 g/mol. The number of aromatic amines is 1. The van der Waals surface area contributed by atoms with Crippen LogP contribution >= 0.6 is 12.4 Å². The molecule has 3 N–H and O–H groups in total. The van der Waals surface area contributed by atoms with Gasteiger partial charge in [0.25, 0.3) is 0 Å². The number of methoxy groups -OCH3 is 1. The second-order valence-electron chi connectivity index (χ2n) is 5.70. The van der Waals surface area contributed by atoms with Gasteiger partial charge in [-0.3, -0.25) is 5.41 Å². The van der Waals surface area contributed by atoms with E-state index in [2.05, 4.69) is 15.0 Å². The number of ether oxygens (including phenoxy) is 1. The van der Waals surface area contributed by atoms with E-state index in [1.165, 1.54) is 7.11 Å². The summed E-state index contributed by atoms with van der Waals surface area (Å²) in [5.41, 5.74) is 2.37. The molecule has 2 aromatic heterocycles. The van der Waals surface area contributed by atoms with Crippen LogP contribution in [0.4, 0.5) is 0 Å². The van der Waals surface area contributed by atoms with E-state index in [0.29, 0.717) is 23.5 Å². The van der Waals surface area contributed by atoms with Crippen molar-refractivity contribution < 1.29 is 9.84 Å². The number of phenols is 1. The lowest BCUT2D eigenvalue weighted by Crippen LogP contribution is -2.13. The van der Waals surface area contributed by atoms with Crippen LogP contribution in [0.15, 0.2) is 24.5 Å². The maximum absolute atomic E-state index is 9.90. The Labute approximate surface area is 145 Å². The van der Waals surface area contributed by atoms with Gasteiger partial charge in [-0.2, -0.15) is 0 Å². The third-order valence-corrected chi connectivity index (χ3v) is 3.68. The minimum absolute atomic E-state index is 0. The minimum Gasteiger partial charge on any atom is -0.504 e. The number of nitrogens with one attached hydrogen (secondary N) is 2. The first-order valence-electron chi connectivity index (χ1n) is 7.35. The van der Waals surface area contributed by atoms with Gasteiger partial charge in [0.05, 0.1) is 20.0 Å².